The number of benzene rings is 3. The summed E-state index contributed by atoms with van der Waals surface area (Å²) in [5.41, 5.74) is 5.47. The highest BCUT2D eigenvalue weighted by Gasteiger charge is 2.19. The molecule has 0 aliphatic heterocycles. The first-order valence-corrected chi connectivity index (χ1v) is 12.9. The first kappa shape index (κ1) is 23.8. The van der Waals surface area contributed by atoms with Gasteiger partial charge in [-0.2, -0.15) is 0 Å². The lowest BCUT2D eigenvalue weighted by Crippen LogP contribution is -2.22. The lowest BCUT2D eigenvalue weighted by Gasteiger charge is -2.11. The van der Waals surface area contributed by atoms with Crippen molar-refractivity contribution in [1.29, 1.82) is 0 Å². The summed E-state index contributed by atoms with van der Waals surface area (Å²) < 4.78 is 25.7. The zero-order valence-corrected chi connectivity index (χ0v) is 21.0. The fourth-order valence-electron chi connectivity index (χ4n) is 3.34. The van der Waals surface area contributed by atoms with Gasteiger partial charge in [-0.15, -0.1) is 0 Å². The molecule has 4 rings (SSSR count). The van der Waals surface area contributed by atoms with E-state index in [1.807, 2.05) is 38.1 Å². The monoisotopic (exact) mass is 491 g/mol. The van der Waals surface area contributed by atoms with Crippen LogP contribution < -0.4 is 5.32 Å². The first-order chi connectivity index (χ1) is 16.1. The zero-order valence-electron chi connectivity index (χ0n) is 19.4. The average Bonchev–Trinajstić information content (AvgIpc) is 3.23. The Kier molecular flexibility index (Phi) is 6.65. The summed E-state index contributed by atoms with van der Waals surface area (Å²) in [6, 6.07) is 22.2. The Balaban J connectivity index is 1.65. The smallest absolute Gasteiger partial charge is 0.257 e. The molecule has 0 unspecified atom stereocenters. The summed E-state index contributed by atoms with van der Waals surface area (Å²) in [4.78, 5) is 18.7. The minimum Gasteiger partial charge on any atom is -0.298 e. The number of hydrogen-bond donors (Lipinski definition) is 1. The summed E-state index contributed by atoms with van der Waals surface area (Å²) in [7, 11) is -0.621. The molecule has 0 aliphatic rings. The largest absolute Gasteiger partial charge is 0.298 e. The number of nitrogens with zero attached hydrogens (tertiary/aromatic N) is 2. The number of carbonyl (C=O) groups excluding carboxylic acids is 1. The Morgan fingerprint density at radius 1 is 0.824 bits per heavy atom. The number of aromatic nitrogens is 1. The van der Waals surface area contributed by atoms with Crippen LogP contribution in [0.2, 0.25) is 0 Å². The van der Waals surface area contributed by atoms with Crippen LogP contribution >= 0.6 is 11.3 Å². The average molecular weight is 492 g/mol. The van der Waals surface area contributed by atoms with Gasteiger partial charge in [-0.1, -0.05) is 71.0 Å². The second kappa shape index (κ2) is 9.50. The molecule has 3 aromatic carbocycles. The molecule has 0 atom stereocenters. The number of carbonyl (C=O) groups is 1. The van der Waals surface area contributed by atoms with E-state index in [4.69, 9.17) is 4.98 Å². The first-order valence-electron chi connectivity index (χ1n) is 10.6. The molecule has 0 fully saturated rings. The number of anilines is 1. The van der Waals surface area contributed by atoms with Crippen LogP contribution in [0.15, 0.2) is 77.7 Å². The molecule has 1 N–H and O–H groups in total. The lowest BCUT2D eigenvalue weighted by molar-refractivity contribution is 0.102. The molecule has 0 spiro atoms. The summed E-state index contributed by atoms with van der Waals surface area (Å²) in [5, 5.41) is 3.34. The van der Waals surface area contributed by atoms with Crippen molar-refractivity contribution in [2.45, 2.75) is 18.7 Å². The standard InChI is InChI=1S/C26H25N3O3S2/c1-17-5-9-19(10-6-17)23-24(20-11-7-18(2)8-12-20)33-26(27-23)28-25(30)21-13-15-22(16-14-21)34(31,32)29(3)4/h5-16H,1-4H3,(H,27,28,30). The number of rotatable bonds is 6. The van der Waals surface area contributed by atoms with Gasteiger partial charge in [0.25, 0.3) is 5.91 Å². The molecule has 6 nitrogen and oxygen atoms in total. The molecule has 0 saturated carbocycles. The van der Waals surface area contributed by atoms with E-state index in [-0.39, 0.29) is 10.8 Å². The highest BCUT2D eigenvalue weighted by Crippen LogP contribution is 2.39. The Morgan fingerprint density at radius 2 is 1.35 bits per heavy atom. The van der Waals surface area contributed by atoms with E-state index in [2.05, 4.69) is 29.6 Å². The maximum absolute atomic E-state index is 12.9. The fraction of sp³-hybridized carbons (Fsp3) is 0.154. The highest BCUT2D eigenvalue weighted by atomic mass is 32.2. The van der Waals surface area contributed by atoms with Gasteiger partial charge in [0.2, 0.25) is 10.0 Å². The van der Waals surface area contributed by atoms with Crippen molar-refractivity contribution in [3.63, 3.8) is 0 Å². The van der Waals surface area contributed by atoms with E-state index in [0.29, 0.717) is 10.7 Å². The van der Waals surface area contributed by atoms with Crippen LogP contribution in [0.1, 0.15) is 21.5 Å². The van der Waals surface area contributed by atoms with Gasteiger partial charge in [0, 0.05) is 25.2 Å². The maximum Gasteiger partial charge on any atom is 0.257 e. The van der Waals surface area contributed by atoms with Gasteiger partial charge in [-0.3, -0.25) is 10.1 Å². The van der Waals surface area contributed by atoms with Gasteiger partial charge in [-0.05, 0) is 43.7 Å². The minimum atomic E-state index is -3.56. The molecule has 0 aliphatic carbocycles. The Hall–Kier alpha value is -3.33. The second-order valence-electron chi connectivity index (χ2n) is 8.19. The number of hydrogen-bond acceptors (Lipinski definition) is 5. The van der Waals surface area contributed by atoms with Gasteiger partial charge in [0.05, 0.1) is 15.5 Å². The predicted octanol–water partition coefficient (Wildman–Crippen LogP) is 5.60. The van der Waals surface area contributed by atoms with Crippen LogP contribution in [0, 0.1) is 13.8 Å². The van der Waals surface area contributed by atoms with Crippen molar-refractivity contribution in [3.05, 3.63) is 89.5 Å². The molecule has 1 aromatic heterocycles. The molecule has 1 amide bonds. The van der Waals surface area contributed by atoms with E-state index in [1.165, 1.54) is 55.3 Å². The SMILES string of the molecule is Cc1ccc(-c2nc(NC(=O)c3ccc(S(=O)(=O)N(C)C)cc3)sc2-c2ccc(C)cc2)cc1. The maximum atomic E-state index is 12.9. The number of sulfonamides is 1. The molecular formula is C26H25N3O3S2. The van der Waals surface area contributed by atoms with Crippen LogP contribution in [-0.2, 0) is 10.0 Å². The summed E-state index contributed by atoms with van der Waals surface area (Å²) in [6.45, 7) is 4.07. The molecule has 0 saturated heterocycles. The lowest BCUT2D eigenvalue weighted by atomic mass is 10.0. The van der Waals surface area contributed by atoms with E-state index < -0.39 is 10.0 Å². The normalized spacial score (nSPS) is 11.6. The second-order valence-corrected chi connectivity index (χ2v) is 11.3. The van der Waals surface area contributed by atoms with Crippen molar-refractivity contribution < 1.29 is 13.2 Å². The molecule has 0 radical (unpaired) electrons. The molecule has 0 bridgehead atoms. The van der Waals surface area contributed by atoms with Gasteiger partial charge in [0.15, 0.2) is 5.13 Å². The van der Waals surface area contributed by atoms with Crippen LogP contribution in [0.25, 0.3) is 21.7 Å². The van der Waals surface area contributed by atoms with E-state index in [9.17, 15) is 13.2 Å². The molecule has 174 valence electrons. The predicted molar refractivity (Wildman–Crippen MR) is 138 cm³/mol. The third-order valence-corrected chi connectivity index (χ3v) is 8.23. The molecule has 4 aromatic rings. The Bertz CT molecular complexity index is 1360. The van der Waals surface area contributed by atoms with E-state index in [0.717, 1.165) is 31.6 Å². The topological polar surface area (TPSA) is 79.4 Å². The quantitative estimate of drug-likeness (QED) is 0.381. The van der Waals surface area contributed by atoms with Gasteiger partial charge in [-0.25, -0.2) is 17.7 Å². The van der Waals surface area contributed by atoms with Crippen molar-refractivity contribution in [2.24, 2.45) is 0 Å². The summed E-state index contributed by atoms with van der Waals surface area (Å²) in [6.07, 6.45) is 0. The zero-order chi connectivity index (χ0) is 24.5. The van der Waals surface area contributed by atoms with Crippen LogP contribution in [0.3, 0.4) is 0 Å². The van der Waals surface area contributed by atoms with Gasteiger partial charge < -0.3 is 0 Å². The van der Waals surface area contributed by atoms with Crippen molar-refractivity contribution in [3.8, 4) is 21.7 Å². The van der Waals surface area contributed by atoms with Crippen molar-refractivity contribution in [2.75, 3.05) is 19.4 Å². The third-order valence-electron chi connectivity index (χ3n) is 5.38. The summed E-state index contributed by atoms with van der Waals surface area (Å²) in [5.74, 6) is -0.353. The third kappa shape index (κ3) is 4.94. The number of aryl methyl sites for hydroxylation is 2. The van der Waals surface area contributed by atoms with E-state index >= 15 is 0 Å². The van der Waals surface area contributed by atoms with Crippen molar-refractivity contribution >= 4 is 32.4 Å². The molecular weight excluding hydrogens is 466 g/mol. The fourth-order valence-corrected chi connectivity index (χ4v) is 5.23. The number of nitrogens with one attached hydrogen (secondary N) is 1. The van der Waals surface area contributed by atoms with Crippen LogP contribution in [-0.4, -0.2) is 37.7 Å². The Morgan fingerprint density at radius 3 is 1.88 bits per heavy atom. The molecule has 1 heterocycles. The molecule has 8 heteroatoms. The summed E-state index contributed by atoms with van der Waals surface area (Å²) >= 11 is 1.41. The van der Waals surface area contributed by atoms with Crippen LogP contribution in [0.5, 0.6) is 0 Å². The van der Waals surface area contributed by atoms with Crippen molar-refractivity contribution in [1.82, 2.24) is 9.29 Å². The molecule has 34 heavy (non-hydrogen) atoms. The highest BCUT2D eigenvalue weighted by molar-refractivity contribution is 7.89. The number of thiazole rings is 1. The Labute approximate surface area is 204 Å². The number of amides is 1. The van der Waals surface area contributed by atoms with Crippen LogP contribution in [0.4, 0.5) is 5.13 Å². The van der Waals surface area contributed by atoms with E-state index in [1.54, 1.807) is 0 Å². The minimum absolute atomic E-state index is 0.131. The van der Waals surface area contributed by atoms with Gasteiger partial charge in [0.1, 0.15) is 0 Å². The van der Waals surface area contributed by atoms with Gasteiger partial charge >= 0.3 is 0 Å².